The third-order valence-corrected chi connectivity index (χ3v) is 7.88. The first-order chi connectivity index (χ1) is 17.0. The van der Waals surface area contributed by atoms with Gasteiger partial charge in [-0.15, -0.1) is 0 Å². The fourth-order valence-corrected chi connectivity index (χ4v) is 5.83. The van der Waals surface area contributed by atoms with Crippen molar-refractivity contribution >= 4 is 17.5 Å². The molecule has 186 valence electrons. The summed E-state index contributed by atoms with van der Waals surface area (Å²) in [7, 11) is 0. The molecule has 0 bridgehead atoms. The number of anilines is 1. The summed E-state index contributed by atoms with van der Waals surface area (Å²) in [4.78, 5) is 30.9. The highest BCUT2D eigenvalue weighted by molar-refractivity contribution is 5.95. The van der Waals surface area contributed by atoms with Gasteiger partial charge in [-0.1, -0.05) is 30.3 Å². The van der Waals surface area contributed by atoms with Gasteiger partial charge < -0.3 is 20.2 Å². The van der Waals surface area contributed by atoms with Crippen LogP contribution in [0.4, 0.5) is 5.69 Å². The predicted molar refractivity (Wildman–Crippen MR) is 136 cm³/mol. The smallest absolute Gasteiger partial charge is 0.254 e. The van der Waals surface area contributed by atoms with E-state index in [1.165, 1.54) is 11.1 Å². The molecule has 5 rings (SSSR count). The van der Waals surface area contributed by atoms with Crippen molar-refractivity contribution in [2.24, 2.45) is 0 Å². The Bertz CT molecular complexity index is 1070. The molecule has 2 amide bonds. The van der Waals surface area contributed by atoms with Crippen molar-refractivity contribution < 1.29 is 14.7 Å². The van der Waals surface area contributed by atoms with Crippen molar-refractivity contribution in [1.29, 1.82) is 0 Å². The fourth-order valence-electron chi connectivity index (χ4n) is 5.83. The first-order valence-corrected chi connectivity index (χ1v) is 12.9. The molecule has 2 aromatic carbocycles. The van der Waals surface area contributed by atoms with E-state index in [1.807, 2.05) is 29.2 Å². The molecule has 7 nitrogen and oxygen atoms in total. The molecule has 3 aliphatic rings. The molecule has 0 radical (unpaired) electrons. The van der Waals surface area contributed by atoms with Crippen molar-refractivity contribution in [3.05, 3.63) is 65.2 Å². The summed E-state index contributed by atoms with van der Waals surface area (Å²) in [6.45, 7) is 5.98. The Hall–Kier alpha value is -2.90. The van der Waals surface area contributed by atoms with Crippen LogP contribution in [0.3, 0.4) is 0 Å². The Morgan fingerprint density at radius 2 is 1.66 bits per heavy atom. The number of aliphatic hydroxyl groups is 1. The quantitative estimate of drug-likeness (QED) is 0.710. The summed E-state index contributed by atoms with van der Waals surface area (Å²) < 4.78 is 0. The second-order valence-corrected chi connectivity index (χ2v) is 10.2. The number of likely N-dealkylation sites (tertiary alicyclic amines) is 2. The van der Waals surface area contributed by atoms with Crippen LogP contribution in [-0.4, -0.2) is 82.5 Å². The fraction of sp³-hybridized carbons (Fsp3) is 0.500. The predicted octanol–water partition coefficient (Wildman–Crippen LogP) is 2.74. The van der Waals surface area contributed by atoms with E-state index >= 15 is 0 Å². The van der Waals surface area contributed by atoms with Crippen LogP contribution in [0.1, 0.15) is 47.7 Å². The van der Waals surface area contributed by atoms with Crippen molar-refractivity contribution in [2.45, 2.75) is 57.3 Å². The lowest BCUT2D eigenvalue weighted by Crippen LogP contribution is -2.56. The topological polar surface area (TPSA) is 76.1 Å². The number of fused-ring (bicyclic) bond motifs is 1. The van der Waals surface area contributed by atoms with Gasteiger partial charge in [-0.05, 0) is 55.0 Å². The standard InChI is InChI=1S/C28H36N4O3/c1-20(33)30-14-10-24(11-15-30)29-25-8-4-7-22(17-25)28(35)32-16-12-26(27(34)19-32)31-13-9-21-5-2-3-6-23(21)18-31/h2-8,17,24,26-27,29,34H,9-16,18-19H2,1H3/t26?,27-/m0/s1. The van der Waals surface area contributed by atoms with E-state index in [0.29, 0.717) is 24.7 Å². The Balaban J connectivity index is 1.17. The average Bonchev–Trinajstić information content (AvgIpc) is 2.88. The average molecular weight is 477 g/mol. The van der Waals surface area contributed by atoms with Gasteiger partial charge in [-0.3, -0.25) is 14.5 Å². The number of amides is 2. The number of β-amino-alcohol motifs (C(OH)–C–C–N with tert-alkyl or cyclic N) is 1. The largest absolute Gasteiger partial charge is 0.390 e. The lowest BCUT2D eigenvalue weighted by atomic mass is 9.94. The number of nitrogens with one attached hydrogen (secondary N) is 1. The third kappa shape index (κ3) is 5.36. The van der Waals surface area contributed by atoms with Gasteiger partial charge in [0.05, 0.1) is 6.10 Å². The van der Waals surface area contributed by atoms with Crippen LogP contribution < -0.4 is 5.32 Å². The van der Waals surface area contributed by atoms with Crippen molar-refractivity contribution in [3.8, 4) is 0 Å². The maximum Gasteiger partial charge on any atom is 0.254 e. The molecule has 0 saturated carbocycles. The van der Waals surface area contributed by atoms with Crippen LogP contribution in [0.15, 0.2) is 48.5 Å². The molecule has 2 aromatic rings. The van der Waals surface area contributed by atoms with Gasteiger partial charge in [0.15, 0.2) is 0 Å². The number of rotatable bonds is 4. The lowest BCUT2D eigenvalue weighted by Gasteiger charge is -2.43. The molecule has 2 N–H and O–H groups in total. The molecule has 2 fully saturated rings. The Labute approximate surface area is 207 Å². The van der Waals surface area contributed by atoms with E-state index in [4.69, 9.17) is 0 Å². The van der Waals surface area contributed by atoms with Crippen LogP contribution >= 0.6 is 0 Å². The minimum atomic E-state index is -0.550. The number of nitrogens with zero attached hydrogens (tertiary/aromatic N) is 3. The number of aliphatic hydroxyl groups excluding tert-OH is 1. The highest BCUT2D eigenvalue weighted by Crippen LogP contribution is 2.26. The molecule has 0 spiro atoms. The molecule has 3 aliphatic heterocycles. The molecular formula is C28H36N4O3. The van der Waals surface area contributed by atoms with Gasteiger partial charge in [0.2, 0.25) is 5.91 Å². The molecule has 0 aromatic heterocycles. The molecule has 35 heavy (non-hydrogen) atoms. The van der Waals surface area contributed by atoms with Gasteiger partial charge in [-0.25, -0.2) is 0 Å². The normalized spacial score (nSPS) is 23.6. The number of piperidine rings is 2. The van der Waals surface area contributed by atoms with Crippen molar-refractivity contribution in [1.82, 2.24) is 14.7 Å². The Morgan fingerprint density at radius 1 is 0.914 bits per heavy atom. The molecule has 3 heterocycles. The number of carbonyl (C=O) groups excluding carboxylic acids is 2. The molecule has 0 aliphatic carbocycles. The third-order valence-electron chi connectivity index (χ3n) is 7.88. The monoisotopic (exact) mass is 476 g/mol. The highest BCUT2D eigenvalue weighted by atomic mass is 16.3. The first kappa shape index (κ1) is 23.8. The molecule has 2 saturated heterocycles. The van der Waals surface area contributed by atoms with Crippen LogP contribution in [0.5, 0.6) is 0 Å². The van der Waals surface area contributed by atoms with Crippen LogP contribution in [0.25, 0.3) is 0 Å². The van der Waals surface area contributed by atoms with Gasteiger partial charge >= 0.3 is 0 Å². The summed E-state index contributed by atoms with van der Waals surface area (Å²) >= 11 is 0. The number of hydrogen-bond acceptors (Lipinski definition) is 5. The zero-order valence-electron chi connectivity index (χ0n) is 20.5. The zero-order valence-corrected chi connectivity index (χ0v) is 20.5. The number of benzene rings is 2. The van der Waals surface area contributed by atoms with E-state index in [9.17, 15) is 14.7 Å². The second kappa shape index (κ2) is 10.4. The van der Waals surface area contributed by atoms with Crippen LogP contribution in [-0.2, 0) is 17.8 Å². The Morgan fingerprint density at radius 3 is 2.40 bits per heavy atom. The van der Waals surface area contributed by atoms with Gasteiger partial charge in [0.25, 0.3) is 5.91 Å². The number of hydrogen-bond donors (Lipinski definition) is 2. The van der Waals surface area contributed by atoms with E-state index in [-0.39, 0.29) is 17.9 Å². The van der Waals surface area contributed by atoms with Gasteiger partial charge in [0.1, 0.15) is 0 Å². The van der Waals surface area contributed by atoms with Crippen molar-refractivity contribution in [2.75, 3.05) is 38.0 Å². The van der Waals surface area contributed by atoms with Crippen LogP contribution in [0.2, 0.25) is 0 Å². The minimum absolute atomic E-state index is 0.0264. The van der Waals surface area contributed by atoms with E-state index in [1.54, 1.807) is 11.8 Å². The Kier molecular flexibility index (Phi) is 7.07. The van der Waals surface area contributed by atoms with E-state index in [0.717, 1.165) is 57.5 Å². The molecule has 2 atom stereocenters. The van der Waals surface area contributed by atoms with Crippen molar-refractivity contribution in [3.63, 3.8) is 0 Å². The molecule has 1 unspecified atom stereocenters. The molecular weight excluding hydrogens is 440 g/mol. The highest BCUT2D eigenvalue weighted by Gasteiger charge is 2.35. The van der Waals surface area contributed by atoms with E-state index in [2.05, 4.69) is 34.5 Å². The second-order valence-electron chi connectivity index (χ2n) is 10.2. The first-order valence-electron chi connectivity index (χ1n) is 12.9. The van der Waals surface area contributed by atoms with Crippen LogP contribution in [0, 0.1) is 0 Å². The summed E-state index contributed by atoms with van der Waals surface area (Å²) in [6, 6.07) is 16.6. The lowest BCUT2D eigenvalue weighted by molar-refractivity contribution is -0.129. The SMILES string of the molecule is CC(=O)N1CCC(Nc2cccc(C(=O)N3CCC(N4CCc5ccccc5C4)[C@@H](O)C3)c2)CC1. The molecule has 7 heteroatoms. The van der Waals surface area contributed by atoms with Gasteiger partial charge in [-0.2, -0.15) is 0 Å². The van der Waals surface area contributed by atoms with Gasteiger partial charge in [0, 0.05) is 69.5 Å². The maximum absolute atomic E-state index is 13.3. The van der Waals surface area contributed by atoms with E-state index < -0.39 is 6.10 Å². The maximum atomic E-state index is 13.3. The summed E-state index contributed by atoms with van der Waals surface area (Å²) in [5.74, 6) is 0.105. The summed E-state index contributed by atoms with van der Waals surface area (Å²) in [5.41, 5.74) is 4.33. The summed E-state index contributed by atoms with van der Waals surface area (Å²) in [5, 5.41) is 14.5. The minimum Gasteiger partial charge on any atom is -0.390 e. The number of carbonyl (C=O) groups is 2. The summed E-state index contributed by atoms with van der Waals surface area (Å²) in [6.07, 6.45) is 3.04. The zero-order chi connectivity index (χ0) is 24.4.